The molecule has 2 heterocycles. The summed E-state index contributed by atoms with van der Waals surface area (Å²) in [7, 11) is 0. The van der Waals surface area contributed by atoms with Crippen molar-refractivity contribution in [1.29, 1.82) is 0 Å². The lowest BCUT2D eigenvalue weighted by molar-refractivity contribution is 0.507. The first-order chi connectivity index (χ1) is 6.45. The van der Waals surface area contributed by atoms with Crippen LogP contribution in [0.5, 0.6) is 0 Å². The van der Waals surface area contributed by atoms with Gasteiger partial charge in [0.1, 0.15) is 5.76 Å². The van der Waals surface area contributed by atoms with Crippen LogP contribution in [0.15, 0.2) is 27.8 Å². The van der Waals surface area contributed by atoms with Crippen molar-refractivity contribution in [1.82, 2.24) is 5.32 Å². The molecule has 0 fully saturated rings. The number of rotatable bonds is 3. The second-order valence-electron chi connectivity index (χ2n) is 3.19. The van der Waals surface area contributed by atoms with Crippen molar-refractivity contribution in [2.75, 3.05) is 13.1 Å². The number of aliphatic imine (C=N–C) groups is 1. The van der Waals surface area contributed by atoms with Crippen LogP contribution < -0.4 is 5.32 Å². The summed E-state index contributed by atoms with van der Waals surface area (Å²) in [5, 5.41) is 3.31. The van der Waals surface area contributed by atoms with E-state index >= 15 is 0 Å². The van der Waals surface area contributed by atoms with E-state index in [1.54, 1.807) is 6.26 Å². The number of amidine groups is 1. The molecule has 1 aliphatic rings. The lowest BCUT2D eigenvalue weighted by Crippen LogP contribution is -2.23. The van der Waals surface area contributed by atoms with Gasteiger partial charge in [0.05, 0.1) is 12.1 Å². The Kier molecular flexibility index (Phi) is 2.65. The molecule has 0 radical (unpaired) electrons. The first-order valence-electron chi connectivity index (χ1n) is 4.75. The number of nitrogens with one attached hydrogen (secondary N) is 1. The third-order valence-corrected chi connectivity index (χ3v) is 2.15. The van der Waals surface area contributed by atoms with E-state index in [0.29, 0.717) is 0 Å². The van der Waals surface area contributed by atoms with Crippen LogP contribution in [0.25, 0.3) is 0 Å². The van der Waals surface area contributed by atoms with E-state index in [2.05, 4.69) is 10.3 Å². The molecule has 0 aliphatic carbocycles. The maximum atomic E-state index is 5.22. The highest BCUT2D eigenvalue weighted by molar-refractivity contribution is 5.83. The summed E-state index contributed by atoms with van der Waals surface area (Å²) in [5.41, 5.74) is 0. The molecule has 0 spiro atoms. The molecule has 1 aliphatic heterocycles. The van der Waals surface area contributed by atoms with E-state index in [4.69, 9.17) is 4.42 Å². The maximum Gasteiger partial charge on any atom is 0.105 e. The summed E-state index contributed by atoms with van der Waals surface area (Å²) in [5.74, 6) is 2.19. The minimum atomic E-state index is 0.923. The quantitative estimate of drug-likeness (QED) is 0.763. The fourth-order valence-electron chi connectivity index (χ4n) is 1.47. The lowest BCUT2D eigenvalue weighted by atomic mass is 10.3. The Morgan fingerprint density at radius 2 is 2.54 bits per heavy atom. The molecular weight excluding hydrogens is 164 g/mol. The standard InChI is InChI=1S/C10H14N2O/c1-4-10(11-6-1)12-7-5-9-3-2-8-13-9/h2-3,8H,1,4-7H2,(H,11,12). The molecule has 70 valence electrons. The first-order valence-corrected chi connectivity index (χ1v) is 4.75. The van der Waals surface area contributed by atoms with E-state index in [0.717, 1.165) is 37.5 Å². The highest BCUT2D eigenvalue weighted by Crippen LogP contribution is 2.02. The number of furan rings is 1. The topological polar surface area (TPSA) is 37.5 Å². The molecule has 0 saturated carbocycles. The van der Waals surface area contributed by atoms with E-state index in [-0.39, 0.29) is 0 Å². The number of nitrogens with zero attached hydrogens (tertiary/aromatic N) is 1. The van der Waals surface area contributed by atoms with Gasteiger partial charge in [0.2, 0.25) is 0 Å². The molecule has 0 amide bonds. The minimum Gasteiger partial charge on any atom is -0.469 e. The van der Waals surface area contributed by atoms with E-state index in [9.17, 15) is 0 Å². The van der Waals surface area contributed by atoms with Crippen LogP contribution in [0.4, 0.5) is 0 Å². The van der Waals surface area contributed by atoms with Crippen LogP contribution >= 0.6 is 0 Å². The van der Waals surface area contributed by atoms with Gasteiger partial charge in [0.15, 0.2) is 0 Å². The summed E-state index contributed by atoms with van der Waals surface area (Å²) < 4.78 is 5.22. The van der Waals surface area contributed by atoms with Gasteiger partial charge in [-0.3, -0.25) is 4.99 Å². The molecule has 13 heavy (non-hydrogen) atoms. The Labute approximate surface area is 77.9 Å². The third-order valence-electron chi connectivity index (χ3n) is 2.15. The average molecular weight is 178 g/mol. The van der Waals surface area contributed by atoms with Gasteiger partial charge >= 0.3 is 0 Å². The molecule has 0 saturated heterocycles. The highest BCUT2D eigenvalue weighted by Gasteiger charge is 2.04. The van der Waals surface area contributed by atoms with Gasteiger partial charge in [-0.1, -0.05) is 0 Å². The molecule has 3 heteroatoms. The molecule has 0 aromatic carbocycles. The predicted octanol–water partition coefficient (Wildman–Crippen LogP) is 1.60. The lowest BCUT2D eigenvalue weighted by Gasteiger charge is -2.02. The summed E-state index contributed by atoms with van der Waals surface area (Å²) in [6.07, 6.45) is 4.95. The number of hydrogen-bond acceptors (Lipinski definition) is 3. The Morgan fingerprint density at radius 1 is 1.54 bits per heavy atom. The molecule has 3 nitrogen and oxygen atoms in total. The van der Waals surface area contributed by atoms with Crippen LogP contribution in [0, 0.1) is 0 Å². The van der Waals surface area contributed by atoms with Gasteiger partial charge in [-0.2, -0.15) is 0 Å². The Balaban J connectivity index is 1.69. The van der Waals surface area contributed by atoms with Crippen molar-refractivity contribution >= 4 is 5.84 Å². The van der Waals surface area contributed by atoms with Gasteiger partial charge in [0, 0.05) is 25.9 Å². The van der Waals surface area contributed by atoms with Crippen molar-refractivity contribution in [3.63, 3.8) is 0 Å². The van der Waals surface area contributed by atoms with Crippen molar-refractivity contribution in [3.05, 3.63) is 24.2 Å². The largest absolute Gasteiger partial charge is 0.469 e. The number of hydrogen-bond donors (Lipinski definition) is 1. The normalized spacial score (nSPS) is 15.8. The first kappa shape index (κ1) is 8.35. The summed E-state index contributed by atoms with van der Waals surface area (Å²) in [6, 6.07) is 3.92. The fraction of sp³-hybridized carbons (Fsp3) is 0.500. The van der Waals surface area contributed by atoms with Gasteiger partial charge in [-0.05, 0) is 18.6 Å². The van der Waals surface area contributed by atoms with Crippen LogP contribution in [0.1, 0.15) is 18.6 Å². The second-order valence-corrected chi connectivity index (χ2v) is 3.19. The van der Waals surface area contributed by atoms with Crippen molar-refractivity contribution in [2.24, 2.45) is 4.99 Å². The van der Waals surface area contributed by atoms with Crippen molar-refractivity contribution in [3.8, 4) is 0 Å². The van der Waals surface area contributed by atoms with Gasteiger partial charge in [-0.25, -0.2) is 0 Å². The zero-order chi connectivity index (χ0) is 8.93. The van der Waals surface area contributed by atoms with Crippen molar-refractivity contribution in [2.45, 2.75) is 19.3 Å². The molecule has 0 unspecified atom stereocenters. The highest BCUT2D eigenvalue weighted by atomic mass is 16.3. The predicted molar refractivity (Wildman–Crippen MR) is 52.0 cm³/mol. The van der Waals surface area contributed by atoms with E-state index in [1.807, 2.05) is 12.1 Å². The van der Waals surface area contributed by atoms with Crippen LogP contribution in [0.3, 0.4) is 0 Å². The molecule has 1 N–H and O–H groups in total. The summed E-state index contributed by atoms with van der Waals surface area (Å²) in [4.78, 5) is 4.33. The van der Waals surface area contributed by atoms with Gasteiger partial charge < -0.3 is 9.73 Å². The Hall–Kier alpha value is -1.25. The van der Waals surface area contributed by atoms with Crippen LogP contribution in [-0.4, -0.2) is 18.9 Å². The minimum absolute atomic E-state index is 0.923. The van der Waals surface area contributed by atoms with E-state index < -0.39 is 0 Å². The summed E-state index contributed by atoms with van der Waals surface area (Å²) in [6.45, 7) is 1.91. The SMILES string of the molecule is c1coc(CCNC2=NCCC2)c1. The Morgan fingerprint density at radius 3 is 3.23 bits per heavy atom. The van der Waals surface area contributed by atoms with Crippen LogP contribution in [-0.2, 0) is 6.42 Å². The third kappa shape index (κ3) is 2.34. The smallest absolute Gasteiger partial charge is 0.105 e. The molecular formula is C10H14N2O. The monoisotopic (exact) mass is 178 g/mol. The molecule has 2 rings (SSSR count). The average Bonchev–Trinajstić information content (AvgIpc) is 2.75. The molecule has 0 bridgehead atoms. The molecule has 1 aromatic rings. The summed E-state index contributed by atoms with van der Waals surface area (Å²) >= 11 is 0. The van der Waals surface area contributed by atoms with Crippen molar-refractivity contribution < 1.29 is 4.42 Å². The fourth-order valence-corrected chi connectivity index (χ4v) is 1.47. The van der Waals surface area contributed by atoms with Gasteiger partial charge in [-0.15, -0.1) is 0 Å². The van der Waals surface area contributed by atoms with Crippen LogP contribution in [0.2, 0.25) is 0 Å². The Bertz CT molecular complexity index is 277. The zero-order valence-corrected chi connectivity index (χ0v) is 7.62. The zero-order valence-electron chi connectivity index (χ0n) is 7.62. The van der Waals surface area contributed by atoms with E-state index in [1.165, 1.54) is 6.42 Å². The second kappa shape index (κ2) is 4.12. The molecule has 1 aromatic heterocycles. The maximum absolute atomic E-state index is 5.22. The molecule has 0 atom stereocenters. The van der Waals surface area contributed by atoms with Gasteiger partial charge in [0.25, 0.3) is 0 Å².